The van der Waals surface area contributed by atoms with Crippen LogP contribution in [0.4, 0.5) is 13.6 Å². The molecule has 142 valence electrons. The molecule has 0 aliphatic carbocycles. The lowest BCUT2D eigenvalue weighted by Gasteiger charge is -2.39. The maximum atomic E-state index is 14.0. The highest BCUT2D eigenvalue weighted by atomic mass is 19.2. The van der Waals surface area contributed by atoms with Gasteiger partial charge in [-0.3, -0.25) is 4.79 Å². The number of urea groups is 1. The van der Waals surface area contributed by atoms with Crippen molar-refractivity contribution < 1.29 is 18.4 Å². The minimum Gasteiger partial charge on any atom is -0.338 e. The van der Waals surface area contributed by atoms with Gasteiger partial charge in [0.25, 0.3) is 0 Å². The lowest BCUT2D eigenvalue weighted by molar-refractivity contribution is -0.146. The molecule has 1 aromatic carbocycles. The summed E-state index contributed by atoms with van der Waals surface area (Å²) < 4.78 is 27.4. The second-order valence-electron chi connectivity index (χ2n) is 7.60. The monoisotopic (exact) mass is 365 g/mol. The molecule has 7 heteroatoms. The van der Waals surface area contributed by atoms with Crippen molar-refractivity contribution in [2.24, 2.45) is 5.41 Å². The Kier molecular flexibility index (Phi) is 5.16. The minimum absolute atomic E-state index is 0.0357. The summed E-state index contributed by atoms with van der Waals surface area (Å²) in [5.74, 6) is -1.87. The van der Waals surface area contributed by atoms with E-state index in [1.165, 1.54) is 12.1 Å². The van der Waals surface area contributed by atoms with E-state index in [2.05, 4.69) is 5.32 Å². The number of nitrogens with one attached hydrogen (secondary N) is 1. The number of halogens is 2. The molecule has 0 radical (unpaired) electrons. The number of rotatable bonds is 3. The molecule has 3 rings (SSSR count). The molecule has 1 aromatic rings. The number of amides is 3. The van der Waals surface area contributed by atoms with E-state index in [4.69, 9.17) is 0 Å². The third kappa shape index (κ3) is 3.52. The van der Waals surface area contributed by atoms with Crippen molar-refractivity contribution in [3.8, 4) is 0 Å². The molecule has 2 saturated heterocycles. The van der Waals surface area contributed by atoms with Gasteiger partial charge >= 0.3 is 6.03 Å². The molecule has 5 nitrogen and oxygen atoms in total. The largest absolute Gasteiger partial charge is 0.338 e. The zero-order chi connectivity index (χ0) is 18.9. The van der Waals surface area contributed by atoms with Crippen LogP contribution in [0.3, 0.4) is 0 Å². The molecule has 1 spiro atoms. The third-order valence-corrected chi connectivity index (χ3v) is 5.27. The molecular weight excluding hydrogens is 340 g/mol. The zero-order valence-corrected chi connectivity index (χ0v) is 15.2. The highest BCUT2D eigenvalue weighted by Gasteiger charge is 2.49. The van der Waals surface area contributed by atoms with Gasteiger partial charge in [0.1, 0.15) is 0 Å². The van der Waals surface area contributed by atoms with E-state index in [0.29, 0.717) is 26.1 Å². The van der Waals surface area contributed by atoms with Gasteiger partial charge < -0.3 is 15.1 Å². The summed E-state index contributed by atoms with van der Waals surface area (Å²) in [6, 6.07) is 3.90. The summed E-state index contributed by atoms with van der Waals surface area (Å²) in [4.78, 5) is 28.6. The fraction of sp³-hybridized carbons (Fsp3) is 0.579. The van der Waals surface area contributed by atoms with Gasteiger partial charge in [-0.05, 0) is 39.2 Å². The van der Waals surface area contributed by atoms with E-state index in [0.717, 1.165) is 18.9 Å². The number of carbonyl (C=O) groups is 2. The van der Waals surface area contributed by atoms with Crippen LogP contribution < -0.4 is 5.32 Å². The number of carbonyl (C=O) groups excluding carboxylic acids is 2. The normalized spacial score (nSPS) is 23.2. The van der Waals surface area contributed by atoms with Crippen LogP contribution >= 0.6 is 0 Å². The third-order valence-electron chi connectivity index (χ3n) is 5.27. The molecule has 0 aromatic heterocycles. The predicted molar refractivity (Wildman–Crippen MR) is 93.3 cm³/mol. The minimum atomic E-state index is -0.904. The lowest BCUT2D eigenvalue weighted by atomic mass is 9.78. The van der Waals surface area contributed by atoms with Gasteiger partial charge in [-0.2, -0.15) is 0 Å². The van der Waals surface area contributed by atoms with Crippen molar-refractivity contribution in [2.45, 2.75) is 45.7 Å². The van der Waals surface area contributed by atoms with Crippen LogP contribution in [0.5, 0.6) is 0 Å². The molecule has 0 bridgehead atoms. The maximum Gasteiger partial charge on any atom is 0.317 e. The average Bonchev–Trinajstić information content (AvgIpc) is 3.01. The molecule has 26 heavy (non-hydrogen) atoms. The lowest BCUT2D eigenvalue weighted by Crippen LogP contribution is -2.51. The number of piperidine rings is 1. The second kappa shape index (κ2) is 7.21. The Bertz CT molecular complexity index is 710. The standard InChI is InChI=1S/C19H25F2N3O2/c1-13(2)22-18(26)24-10-8-19(12-24)7-4-9-23(17(19)25)11-14-5-3-6-15(20)16(14)21/h3,5-6,13H,4,7-12H2,1-2H3,(H,22,26)/t19-/m0/s1. The molecule has 2 aliphatic heterocycles. The number of nitrogens with zero attached hydrogens (tertiary/aromatic N) is 2. The summed E-state index contributed by atoms with van der Waals surface area (Å²) >= 11 is 0. The molecule has 0 saturated carbocycles. The Morgan fingerprint density at radius 3 is 2.77 bits per heavy atom. The molecule has 2 heterocycles. The first-order valence-electron chi connectivity index (χ1n) is 9.10. The van der Waals surface area contributed by atoms with Gasteiger partial charge in [-0.1, -0.05) is 12.1 Å². The maximum absolute atomic E-state index is 14.0. The Labute approximate surface area is 152 Å². The average molecular weight is 365 g/mol. The van der Waals surface area contributed by atoms with Crippen LogP contribution in [0.1, 0.15) is 38.7 Å². The summed E-state index contributed by atoms with van der Waals surface area (Å²) in [5.41, 5.74) is -0.418. The number of hydrogen-bond acceptors (Lipinski definition) is 2. The second-order valence-corrected chi connectivity index (χ2v) is 7.60. The van der Waals surface area contributed by atoms with E-state index in [-0.39, 0.29) is 30.1 Å². The van der Waals surface area contributed by atoms with E-state index >= 15 is 0 Å². The van der Waals surface area contributed by atoms with Gasteiger partial charge in [0, 0.05) is 37.8 Å². The summed E-state index contributed by atoms with van der Waals surface area (Å²) in [6.07, 6.45) is 2.13. The topological polar surface area (TPSA) is 52.7 Å². The van der Waals surface area contributed by atoms with E-state index in [9.17, 15) is 18.4 Å². The van der Waals surface area contributed by atoms with Crippen LogP contribution in [0.25, 0.3) is 0 Å². The van der Waals surface area contributed by atoms with E-state index < -0.39 is 17.0 Å². The van der Waals surface area contributed by atoms with Gasteiger partial charge in [0.05, 0.1) is 5.41 Å². The van der Waals surface area contributed by atoms with Crippen LogP contribution in [-0.4, -0.2) is 47.4 Å². The summed E-state index contributed by atoms with van der Waals surface area (Å²) in [7, 11) is 0. The molecule has 2 fully saturated rings. The van der Waals surface area contributed by atoms with Crippen molar-refractivity contribution >= 4 is 11.9 Å². The van der Waals surface area contributed by atoms with Gasteiger partial charge in [-0.25, -0.2) is 13.6 Å². The zero-order valence-electron chi connectivity index (χ0n) is 15.2. The van der Waals surface area contributed by atoms with Crippen molar-refractivity contribution in [3.63, 3.8) is 0 Å². The van der Waals surface area contributed by atoms with Crippen molar-refractivity contribution in [2.75, 3.05) is 19.6 Å². The molecule has 0 unspecified atom stereocenters. The molecule has 3 amide bonds. The van der Waals surface area contributed by atoms with Crippen molar-refractivity contribution in [1.82, 2.24) is 15.1 Å². The van der Waals surface area contributed by atoms with Crippen molar-refractivity contribution in [3.05, 3.63) is 35.4 Å². The van der Waals surface area contributed by atoms with E-state index in [1.54, 1.807) is 9.80 Å². The fourth-order valence-corrected chi connectivity index (χ4v) is 3.94. The number of likely N-dealkylation sites (tertiary alicyclic amines) is 2. The van der Waals surface area contributed by atoms with Gasteiger partial charge in [-0.15, -0.1) is 0 Å². The molecular formula is C19H25F2N3O2. The number of hydrogen-bond donors (Lipinski definition) is 1. The molecule has 1 N–H and O–H groups in total. The van der Waals surface area contributed by atoms with Gasteiger partial charge in [0.2, 0.25) is 5.91 Å². The molecule has 1 atom stereocenters. The first-order valence-corrected chi connectivity index (χ1v) is 9.10. The quantitative estimate of drug-likeness (QED) is 0.896. The summed E-state index contributed by atoms with van der Waals surface area (Å²) in [6.45, 7) is 5.28. The van der Waals surface area contributed by atoms with Crippen LogP contribution in [0.2, 0.25) is 0 Å². The van der Waals surface area contributed by atoms with Crippen LogP contribution in [0.15, 0.2) is 18.2 Å². The van der Waals surface area contributed by atoms with Gasteiger partial charge in [0.15, 0.2) is 11.6 Å². The van der Waals surface area contributed by atoms with E-state index in [1.807, 2.05) is 13.8 Å². The highest BCUT2D eigenvalue weighted by molar-refractivity contribution is 5.86. The highest BCUT2D eigenvalue weighted by Crippen LogP contribution is 2.40. The predicted octanol–water partition coefficient (Wildman–Crippen LogP) is 2.90. The number of benzene rings is 1. The van der Waals surface area contributed by atoms with Crippen LogP contribution in [0, 0.1) is 17.0 Å². The first kappa shape index (κ1) is 18.6. The van der Waals surface area contributed by atoms with Crippen molar-refractivity contribution in [1.29, 1.82) is 0 Å². The SMILES string of the molecule is CC(C)NC(=O)N1CC[C@@]2(CCCN(Cc3cccc(F)c3F)C2=O)C1. The smallest absolute Gasteiger partial charge is 0.317 e. The molecule has 2 aliphatic rings. The summed E-state index contributed by atoms with van der Waals surface area (Å²) in [5, 5.41) is 2.86. The Hall–Kier alpha value is -2.18. The fourth-order valence-electron chi connectivity index (χ4n) is 3.94. The Morgan fingerprint density at radius 2 is 2.04 bits per heavy atom. The van der Waals surface area contributed by atoms with Crippen LogP contribution in [-0.2, 0) is 11.3 Å². The first-order chi connectivity index (χ1) is 12.3. The Morgan fingerprint density at radius 1 is 1.27 bits per heavy atom. The Balaban J connectivity index is 1.72.